The molecule has 1 N–H and O–H groups in total. The Morgan fingerprint density at radius 2 is 1.69 bits per heavy atom. The molecule has 6 nitrogen and oxygen atoms in total. The molecule has 4 aromatic rings. The molecule has 4 rings (SSSR count). The molecule has 6 heteroatoms. The van der Waals surface area contributed by atoms with Crippen LogP contribution in [0.3, 0.4) is 0 Å². The molecule has 0 saturated heterocycles. The maximum absolute atomic E-state index is 12.5. The molecule has 2 aromatic carbocycles. The number of hydrogen-bond donors (Lipinski definition) is 1. The quantitative estimate of drug-likeness (QED) is 0.478. The largest absolute Gasteiger partial charge is 0.461 e. The number of carbonyl (C=O) groups excluding carboxylic acids is 1. The van der Waals surface area contributed by atoms with E-state index in [4.69, 9.17) is 13.6 Å². The fraction of sp³-hybridized carbons (Fsp3) is 0.130. The van der Waals surface area contributed by atoms with Crippen molar-refractivity contribution >= 4 is 5.91 Å². The van der Waals surface area contributed by atoms with Gasteiger partial charge < -0.3 is 18.9 Å². The van der Waals surface area contributed by atoms with Crippen LogP contribution in [-0.2, 0) is 24.5 Å². The van der Waals surface area contributed by atoms with Gasteiger partial charge >= 0.3 is 0 Å². The molecule has 0 atom stereocenters. The third kappa shape index (κ3) is 4.80. The Balaban J connectivity index is 1.33. The molecular formula is C23H20N2O4. The van der Waals surface area contributed by atoms with Gasteiger partial charge in [-0.25, -0.2) is 4.98 Å². The fourth-order valence-corrected chi connectivity index (χ4v) is 2.95. The minimum Gasteiger partial charge on any atom is -0.461 e. The normalized spacial score (nSPS) is 10.8. The molecule has 2 heterocycles. The van der Waals surface area contributed by atoms with Crippen molar-refractivity contribution in [1.82, 2.24) is 10.3 Å². The number of furan rings is 1. The van der Waals surface area contributed by atoms with Crippen LogP contribution < -0.4 is 5.32 Å². The molecule has 0 fully saturated rings. The molecule has 0 unspecified atom stereocenters. The van der Waals surface area contributed by atoms with Crippen LogP contribution in [0.4, 0.5) is 0 Å². The van der Waals surface area contributed by atoms with Gasteiger partial charge in [-0.15, -0.1) is 0 Å². The average molecular weight is 388 g/mol. The summed E-state index contributed by atoms with van der Waals surface area (Å²) in [6.07, 6.45) is 2.75. The number of oxazole rings is 1. The lowest BCUT2D eigenvalue weighted by atomic mass is 10.1. The van der Waals surface area contributed by atoms with Crippen molar-refractivity contribution in [3.8, 4) is 11.5 Å². The number of carbonyl (C=O) groups is 1. The van der Waals surface area contributed by atoms with Crippen LogP contribution in [0, 0.1) is 0 Å². The summed E-state index contributed by atoms with van der Waals surface area (Å²) in [4.78, 5) is 16.5. The molecular weight excluding hydrogens is 368 g/mol. The van der Waals surface area contributed by atoms with Gasteiger partial charge in [0.1, 0.15) is 0 Å². The highest BCUT2D eigenvalue weighted by Gasteiger charge is 2.19. The van der Waals surface area contributed by atoms with Gasteiger partial charge in [-0.3, -0.25) is 4.79 Å². The maximum Gasteiger partial charge on any atom is 0.274 e. The number of amides is 1. The van der Waals surface area contributed by atoms with Crippen molar-refractivity contribution < 1.29 is 18.4 Å². The third-order valence-corrected chi connectivity index (χ3v) is 4.35. The highest BCUT2D eigenvalue weighted by Crippen LogP contribution is 2.23. The Labute approximate surface area is 168 Å². The van der Waals surface area contributed by atoms with E-state index >= 15 is 0 Å². The van der Waals surface area contributed by atoms with Gasteiger partial charge in [0.25, 0.3) is 5.91 Å². The summed E-state index contributed by atoms with van der Waals surface area (Å²) >= 11 is 0. The summed E-state index contributed by atoms with van der Waals surface area (Å²) in [7, 11) is 0. The smallest absolute Gasteiger partial charge is 0.274 e. The second-order valence-electron chi connectivity index (χ2n) is 6.49. The molecule has 0 aliphatic rings. The summed E-state index contributed by atoms with van der Waals surface area (Å²) < 4.78 is 16.4. The van der Waals surface area contributed by atoms with E-state index in [9.17, 15) is 4.79 Å². The monoisotopic (exact) mass is 388 g/mol. The topological polar surface area (TPSA) is 77.5 Å². The average Bonchev–Trinajstić information content (AvgIpc) is 3.45. The number of rotatable bonds is 8. The summed E-state index contributed by atoms with van der Waals surface area (Å²) in [5.74, 6) is 0.455. The minimum absolute atomic E-state index is 0.197. The van der Waals surface area contributed by atoms with Gasteiger partial charge in [0.15, 0.2) is 17.8 Å². The summed E-state index contributed by atoms with van der Waals surface area (Å²) in [5, 5.41) is 2.87. The Bertz CT molecular complexity index is 1060. The van der Waals surface area contributed by atoms with Crippen LogP contribution in [0.15, 0.2) is 88.2 Å². The molecule has 0 radical (unpaired) electrons. The highest BCUT2D eigenvalue weighted by molar-refractivity contribution is 5.97. The standard InChI is InChI=1S/C23H20N2O4/c26-23(21-22(29-16-25-21)20-10-5-11-28-20)24-13-18-8-4-9-19(12-18)15-27-14-17-6-2-1-3-7-17/h1-12,16H,13-15H2,(H,24,26). The number of aromatic nitrogens is 1. The molecule has 0 aliphatic carbocycles. The second kappa shape index (κ2) is 9.03. The first-order valence-electron chi connectivity index (χ1n) is 9.24. The fourth-order valence-electron chi connectivity index (χ4n) is 2.95. The van der Waals surface area contributed by atoms with Crippen molar-refractivity contribution in [3.63, 3.8) is 0 Å². The maximum atomic E-state index is 12.5. The van der Waals surface area contributed by atoms with Gasteiger partial charge in [0.05, 0.1) is 19.5 Å². The zero-order valence-electron chi connectivity index (χ0n) is 15.7. The van der Waals surface area contributed by atoms with Gasteiger partial charge in [-0.1, -0.05) is 54.6 Å². The number of nitrogens with zero attached hydrogens (tertiary/aromatic N) is 1. The van der Waals surface area contributed by atoms with Crippen LogP contribution in [-0.4, -0.2) is 10.9 Å². The van der Waals surface area contributed by atoms with Gasteiger partial charge in [-0.2, -0.15) is 0 Å². The Morgan fingerprint density at radius 3 is 2.52 bits per heavy atom. The van der Waals surface area contributed by atoms with Gasteiger partial charge in [-0.05, 0) is 28.8 Å². The zero-order chi connectivity index (χ0) is 19.9. The third-order valence-electron chi connectivity index (χ3n) is 4.35. The number of nitrogens with one attached hydrogen (secondary N) is 1. The zero-order valence-corrected chi connectivity index (χ0v) is 15.7. The Kier molecular flexibility index (Phi) is 5.83. The molecule has 1 amide bonds. The lowest BCUT2D eigenvalue weighted by Gasteiger charge is -2.08. The van der Waals surface area contributed by atoms with Crippen LogP contribution in [0.1, 0.15) is 27.2 Å². The van der Waals surface area contributed by atoms with E-state index in [1.54, 1.807) is 12.1 Å². The molecule has 2 aromatic heterocycles. The number of ether oxygens (including phenoxy) is 1. The van der Waals surface area contributed by atoms with E-state index in [1.807, 2.05) is 54.6 Å². The van der Waals surface area contributed by atoms with Crippen LogP contribution in [0.25, 0.3) is 11.5 Å². The van der Waals surface area contributed by atoms with Crippen molar-refractivity contribution in [2.45, 2.75) is 19.8 Å². The van der Waals surface area contributed by atoms with Crippen LogP contribution in [0.2, 0.25) is 0 Å². The second-order valence-corrected chi connectivity index (χ2v) is 6.49. The molecule has 146 valence electrons. The molecule has 0 spiro atoms. The Morgan fingerprint density at radius 1 is 0.897 bits per heavy atom. The minimum atomic E-state index is -0.323. The van der Waals surface area contributed by atoms with E-state index in [0.717, 1.165) is 16.7 Å². The van der Waals surface area contributed by atoms with E-state index < -0.39 is 0 Å². The molecule has 0 aliphatic heterocycles. The van der Waals surface area contributed by atoms with Crippen molar-refractivity contribution in [2.24, 2.45) is 0 Å². The predicted molar refractivity (Wildman–Crippen MR) is 107 cm³/mol. The first kappa shape index (κ1) is 18.7. The van der Waals surface area contributed by atoms with E-state index in [-0.39, 0.29) is 11.6 Å². The van der Waals surface area contributed by atoms with Gasteiger partial charge in [0.2, 0.25) is 5.76 Å². The summed E-state index contributed by atoms with van der Waals surface area (Å²) in [6, 6.07) is 21.4. The van der Waals surface area contributed by atoms with E-state index in [2.05, 4.69) is 10.3 Å². The first-order valence-corrected chi connectivity index (χ1v) is 9.24. The van der Waals surface area contributed by atoms with Crippen molar-refractivity contribution in [3.05, 3.63) is 102 Å². The SMILES string of the molecule is O=C(NCc1cccc(COCc2ccccc2)c1)c1ncoc1-c1ccco1. The summed E-state index contributed by atoms with van der Waals surface area (Å²) in [6.45, 7) is 1.43. The van der Waals surface area contributed by atoms with Gasteiger partial charge in [0, 0.05) is 6.54 Å². The molecule has 0 saturated carbocycles. The lowest BCUT2D eigenvalue weighted by Crippen LogP contribution is -2.23. The number of hydrogen-bond acceptors (Lipinski definition) is 5. The summed E-state index contributed by atoms with van der Waals surface area (Å²) in [5.41, 5.74) is 3.35. The lowest BCUT2D eigenvalue weighted by molar-refractivity contribution is 0.0946. The Hall–Kier alpha value is -3.64. The predicted octanol–water partition coefficient (Wildman–Crippen LogP) is 4.58. The van der Waals surface area contributed by atoms with Crippen molar-refractivity contribution in [2.75, 3.05) is 0 Å². The molecule has 0 bridgehead atoms. The highest BCUT2D eigenvalue weighted by atomic mass is 16.5. The first-order chi connectivity index (χ1) is 14.3. The van der Waals surface area contributed by atoms with Crippen molar-refractivity contribution in [1.29, 1.82) is 0 Å². The van der Waals surface area contributed by atoms with Crippen LogP contribution in [0.5, 0.6) is 0 Å². The van der Waals surface area contributed by atoms with E-state index in [1.165, 1.54) is 12.7 Å². The van der Waals surface area contributed by atoms with Crippen LogP contribution >= 0.6 is 0 Å². The molecule has 29 heavy (non-hydrogen) atoms. The number of benzene rings is 2. The van der Waals surface area contributed by atoms with E-state index in [0.29, 0.717) is 31.3 Å².